The number of halogens is 1. The van der Waals surface area contributed by atoms with Crippen molar-refractivity contribution in [3.8, 4) is 5.75 Å². The molecule has 0 aliphatic rings. The largest absolute Gasteiger partial charge is 0.496 e. The van der Waals surface area contributed by atoms with Crippen molar-refractivity contribution in [1.29, 1.82) is 0 Å². The fourth-order valence-electron chi connectivity index (χ4n) is 3.42. The van der Waals surface area contributed by atoms with E-state index in [-0.39, 0.29) is 37.1 Å². The number of amides is 2. The Morgan fingerprint density at radius 1 is 0.938 bits per heavy atom. The summed E-state index contributed by atoms with van der Waals surface area (Å²) in [5.41, 5.74) is 2.46. The van der Waals surface area contributed by atoms with E-state index in [2.05, 4.69) is 5.32 Å². The lowest BCUT2D eigenvalue weighted by Gasteiger charge is -2.29. The molecule has 3 aromatic rings. The molecule has 0 bridgehead atoms. The summed E-state index contributed by atoms with van der Waals surface area (Å²) < 4.78 is 18.7. The normalized spacial score (nSPS) is 11.5. The first kappa shape index (κ1) is 23.0. The number of rotatable bonds is 9. The highest BCUT2D eigenvalue weighted by Gasteiger charge is 2.26. The maximum atomic E-state index is 13.3. The molecule has 2 amide bonds. The summed E-state index contributed by atoms with van der Waals surface area (Å²) in [6.45, 7) is 2.18. The zero-order valence-electron chi connectivity index (χ0n) is 18.3. The summed E-state index contributed by atoms with van der Waals surface area (Å²) >= 11 is 0. The predicted octanol–water partition coefficient (Wildman–Crippen LogP) is 4.11. The van der Waals surface area contributed by atoms with E-state index in [1.165, 1.54) is 17.0 Å². The second-order valence-electron chi connectivity index (χ2n) is 7.52. The minimum atomic E-state index is -0.717. The lowest BCUT2D eigenvalue weighted by atomic mass is 10.1. The number of benzene rings is 3. The van der Waals surface area contributed by atoms with Gasteiger partial charge in [-0.2, -0.15) is 0 Å². The lowest BCUT2D eigenvalue weighted by Crippen LogP contribution is -2.48. The minimum absolute atomic E-state index is 0.173. The molecule has 0 aliphatic heterocycles. The van der Waals surface area contributed by atoms with E-state index >= 15 is 0 Å². The molecule has 3 aromatic carbocycles. The van der Waals surface area contributed by atoms with Crippen LogP contribution in [0.15, 0.2) is 78.9 Å². The second kappa shape index (κ2) is 11.1. The van der Waals surface area contributed by atoms with Gasteiger partial charge in [0.2, 0.25) is 11.8 Å². The number of nitrogens with one attached hydrogen (secondary N) is 1. The van der Waals surface area contributed by atoms with Gasteiger partial charge in [-0.3, -0.25) is 9.59 Å². The SMILES string of the molecule is COc1ccccc1CNC(=O)[C@@H](C)N(Cc1ccc(F)cc1)C(=O)Cc1ccccc1. The minimum Gasteiger partial charge on any atom is -0.496 e. The van der Waals surface area contributed by atoms with Crippen LogP contribution >= 0.6 is 0 Å². The molecule has 3 rings (SSSR count). The van der Waals surface area contributed by atoms with E-state index in [0.717, 1.165) is 16.7 Å². The van der Waals surface area contributed by atoms with E-state index in [1.807, 2.05) is 54.6 Å². The van der Waals surface area contributed by atoms with Gasteiger partial charge in [-0.1, -0.05) is 60.7 Å². The third-order valence-electron chi connectivity index (χ3n) is 5.28. The van der Waals surface area contributed by atoms with Crippen molar-refractivity contribution in [2.45, 2.75) is 32.5 Å². The Labute approximate surface area is 187 Å². The highest BCUT2D eigenvalue weighted by atomic mass is 19.1. The Balaban J connectivity index is 1.74. The van der Waals surface area contributed by atoms with Gasteiger partial charge in [0, 0.05) is 18.7 Å². The third-order valence-corrected chi connectivity index (χ3v) is 5.28. The number of methoxy groups -OCH3 is 1. The molecule has 32 heavy (non-hydrogen) atoms. The number of carbonyl (C=O) groups is 2. The number of para-hydroxylation sites is 1. The summed E-state index contributed by atoms with van der Waals surface area (Å²) in [5, 5.41) is 2.89. The van der Waals surface area contributed by atoms with Crippen LogP contribution in [0.5, 0.6) is 5.75 Å². The monoisotopic (exact) mass is 434 g/mol. The van der Waals surface area contributed by atoms with Crippen molar-refractivity contribution in [2.24, 2.45) is 0 Å². The first-order valence-corrected chi connectivity index (χ1v) is 10.5. The van der Waals surface area contributed by atoms with Crippen LogP contribution in [0.2, 0.25) is 0 Å². The van der Waals surface area contributed by atoms with Gasteiger partial charge in [0.05, 0.1) is 13.5 Å². The number of nitrogens with zero attached hydrogens (tertiary/aromatic N) is 1. The molecule has 1 atom stereocenters. The quantitative estimate of drug-likeness (QED) is 0.551. The molecule has 0 spiro atoms. The topological polar surface area (TPSA) is 58.6 Å². The molecule has 0 heterocycles. The van der Waals surface area contributed by atoms with Crippen LogP contribution in [-0.2, 0) is 29.1 Å². The van der Waals surface area contributed by atoms with E-state index in [0.29, 0.717) is 5.75 Å². The number of ether oxygens (including phenoxy) is 1. The zero-order chi connectivity index (χ0) is 22.9. The molecule has 5 nitrogen and oxygen atoms in total. The van der Waals surface area contributed by atoms with E-state index in [9.17, 15) is 14.0 Å². The lowest BCUT2D eigenvalue weighted by molar-refractivity contribution is -0.140. The number of hydrogen-bond acceptors (Lipinski definition) is 3. The molecule has 0 fully saturated rings. The highest BCUT2D eigenvalue weighted by molar-refractivity contribution is 5.88. The first-order chi connectivity index (χ1) is 15.5. The van der Waals surface area contributed by atoms with Crippen LogP contribution in [0, 0.1) is 5.82 Å². The van der Waals surface area contributed by atoms with Crippen molar-refractivity contribution in [1.82, 2.24) is 10.2 Å². The summed E-state index contributed by atoms with van der Waals surface area (Å²) in [5.74, 6) is -0.123. The van der Waals surface area contributed by atoms with Gasteiger partial charge in [-0.05, 0) is 36.2 Å². The van der Waals surface area contributed by atoms with Crippen LogP contribution in [0.25, 0.3) is 0 Å². The average molecular weight is 435 g/mol. The fraction of sp³-hybridized carbons (Fsp3) is 0.231. The van der Waals surface area contributed by atoms with Gasteiger partial charge in [-0.15, -0.1) is 0 Å². The second-order valence-corrected chi connectivity index (χ2v) is 7.52. The van der Waals surface area contributed by atoms with Crippen LogP contribution < -0.4 is 10.1 Å². The van der Waals surface area contributed by atoms with Gasteiger partial charge >= 0.3 is 0 Å². The Hall–Kier alpha value is -3.67. The first-order valence-electron chi connectivity index (χ1n) is 10.5. The molecule has 0 saturated carbocycles. The molecule has 6 heteroatoms. The fourth-order valence-corrected chi connectivity index (χ4v) is 3.42. The van der Waals surface area contributed by atoms with Gasteiger partial charge < -0.3 is 15.0 Å². The Morgan fingerprint density at radius 3 is 2.28 bits per heavy atom. The molecule has 0 unspecified atom stereocenters. The molecule has 0 saturated heterocycles. The Kier molecular flexibility index (Phi) is 7.97. The predicted molar refractivity (Wildman–Crippen MR) is 121 cm³/mol. The summed E-state index contributed by atoms with van der Waals surface area (Å²) in [6.07, 6.45) is 0.173. The van der Waals surface area contributed by atoms with Gasteiger partial charge in [0.15, 0.2) is 0 Å². The van der Waals surface area contributed by atoms with Crippen molar-refractivity contribution >= 4 is 11.8 Å². The van der Waals surface area contributed by atoms with Crippen molar-refractivity contribution in [2.75, 3.05) is 7.11 Å². The van der Waals surface area contributed by atoms with Crippen LogP contribution in [0.1, 0.15) is 23.6 Å². The van der Waals surface area contributed by atoms with Crippen LogP contribution in [0.3, 0.4) is 0 Å². The van der Waals surface area contributed by atoms with Crippen LogP contribution in [0.4, 0.5) is 4.39 Å². The third kappa shape index (κ3) is 6.17. The Bertz CT molecular complexity index is 1040. The smallest absolute Gasteiger partial charge is 0.242 e. The highest BCUT2D eigenvalue weighted by Crippen LogP contribution is 2.17. The van der Waals surface area contributed by atoms with Gasteiger partial charge in [0.25, 0.3) is 0 Å². The summed E-state index contributed by atoms with van der Waals surface area (Å²) in [7, 11) is 1.58. The van der Waals surface area contributed by atoms with Crippen LogP contribution in [-0.4, -0.2) is 29.9 Å². The molecule has 1 N–H and O–H groups in total. The average Bonchev–Trinajstić information content (AvgIpc) is 2.82. The number of carbonyl (C=O) groups excluding carboxylic acids is 2. The standard InChI is InChI=1S/C26H27FN2O3/c1-19(26(31)28-17-22-10-6-7-11-24(22)32-2)29(18-21-12-14-23(27)15-13-21)25(30)16-20-8-4-3-5-9-20/h3-15,19H,16-18H2,1-2H3,(H,28,31)/t19-/m1/s1. The van der Waals surface area contributed by atoms with Crippen molar-refractivity contribution in [3.63, 3.8) is 0 Å². The molecule has 0 aliphatic carbocycles. The summed E-state index contributed by atoms with van der Waals surface area (Å²) in [6, 6.07) is 22.0. The number of hydrogen-bond donors (Lipinski definition) is 1. The van der Waals surface area contributed by atoms with E-state index < -0.39 is 6.04 Å². The van der Waals surface area contributed by atoms with Crippen molar-refractivity contribution in [3.05, 3.63) is 101 Å². The molecular formula is C26H27FN2O3. The van der Waals surface area contributed by atoms with Gasteiger partial charge in [-0.25, -0.2) is 4.39 Å². The van der Waals surface area contributed by atoms with Gasteiger partial charge in [0.1, 0.15) is 17.6 Å². The van der Waals surface area contributed by atoms with Crippen molar-refractivity contribution < 1.29 is 18.7 Å². The van der Waals surface area contributed by atoms with E-state index in [1.54, 1.807) is 26.2 Å². The zero-order valence-corrected chi connectivity index (χ0v) is 18.3. The Morgan fingerprint density at radius 2 is 1.59 bits per heavy atom. The summed E-state index contributed by atoms with van der Waals surface area (Å²) in [4.78, 5) is 27.6. The molecular weight excluding hydrogens is 407 g/mol. The van der Waals surface area contributed by atoms with E-state index in [4.69, 9.17) is 4.74 Å². The maximum Gasteiger partial charge on any atom is 0.242 e. The maximum absolute atomic E-state index is 13.3. The molecule has 166 valence electrons. The molecule has 0 aromatic heterocycles. The molecule has 0 radical (unpaired) electrons.